The molecule has 0 spiro atoms. The number of nitrogens with one attached hydrogen (secondary N) is 2. The molecule has 8 heteroatoms. The first-order chi connectivity index (χ1) is 15.2. The molecule has 0 atom stereocenters. The van der Waals surface area contributed by atoms with Gasteiger partial charge in [0.15, 0.2) is 5.82 Å². The van der Waals surface area contributed by atoms with Crippen LogP contribution in [0, 0.1) is 0 Å². The Morgan fingerprint density at radius 1 is 1.06 bits per heavy atom. The van der Waals surface area contributed by atoms with Crippen molar-refractivity contribution in [2.45, 2.75) is 6.42 Å². The number of carbonyl (C=O) groups is 1. The van der Waals surface area contributed by atoms with E-state index in [0.29, 0.717) is 12.2 Å². The first-order valence-corrected chi connectivity index (χ1v) is 10.1. The Morgan fingerprint density at radius 3 is 2.48 bits per heavy atom. The van der Waals surface area contributed by atoms with Gasteiger partial charge in [-0.05, 0) is 42.0 Å². The van der Waals surface area contributed by atoms with E-state index in [1.807, 2.05) is 54.6 Å². The number of anilines is 4. The number of methoxy groups -OCH3 is 1. The third-order valence-electron chi connectivity index (χ3n) is 4.98. The molecule has 1 fully saturated rings. The lowest BCUT2D eigenvalue weighted by molar-refractivity contribution is -0.115. The van der Waals surface area contributed by atoms with Crippen molar-refractivity contribution in [1.29, 1.82) is 0 Å². The summed E-state index contributed by atoms with van der Waals surface area (Å²) in [6.45, 7) is 3.12. The lowest BCUT2D eigenvalue weighted by atomic mass is 10.1. The van der Waals surface area contributed by atoms with Crippen LogP contribution < -0.4 is 20.3 Å². The maximum Gasteiger partial charge on any atom is 0.228 e. The fraction of sp³-hybridized carbons (Fsp3) is 0.261. The Morgan fingerprint density at radius 2 is 1.77 bits per heavy atom. The van der Waals surface area contributed by atoms with Gasteiger partial charge < -0.3 is 25.0 Å². The highest BCUT2D eigenvalue weighted by atomic mass is 16.5. The molecule has 2 aromatic carbocycles. The van der Waals surface area contributed by atoms with Crippen LogP contribution in [0.3, 0.4) is 0 Å². The summed E-state index contributed by atoms with van der Waals surface area (Å²) >= 11 is 0. The molecule has 4 rings (SSSR count). The van der Waals surface area contributed by atoms with E-state index < -0.39 is 0 Å². The molecular weight excluding hydrogens is 394 g/mol. The molecule has 1 aliphatic rings. The number of hydrogen-bond donors (Lipinski definition) is 2. The third kappa shape index (κ3) is 5.70. The van der Waals surface area contributed by atoms with Gasteiger partial charge in [0.2, 0.25) is 5.91 Å². The van der Waals surface area contributed by atoms with E-state index in [9.17, 15) is 4.79 Å². The number of rotatable bonds is 7. The molecule has 0 aliphatic carbocycles. The Balaban J connectivity index is 1.33. The van der Waals surface area contributed by atoms with E-state index in [0.717, 1.165) is 54.7 Å². The average Bonchev–Trinajstić information content (AvgIpc) is 2.82. The molecule has 1 aliphatic heterocycles. The SMILES string of the molecule is COc1ccc(CC(=O)Nc2ccc(Nc3cc(N4CCOCC4)cnn3)cc2)cc1. The normalized spacial score (nSPS) is 13.5. The predicted octanol–water partition coefficient (Wildman–Crippen LogP) is 3.25. The molecule has 0 unspecified atom stereocenters. The van der Waals surface area contributed by atoms with Crippen LogP contribution in [0.4, 0.5) is 22.9 Å². The Kier molecular flexibility index (Phi) is 6.59. The highest BCUT2D eigenvalue weighted by Crippen LogP contribution is 2.22. The van der Waals surface area contributed by atoms with E-state index in [1.165, 1.54) is 0 Å². The van der Waals surface area contributed by atoms with Gasteiger partial charge in [-0.2, -0.15) is 5.10 Å². The molecule has 0 bridgehead atoms. The van der Waals surface area contributed by atoms with Gasteiger partial charge >= 0.3 is 0 Å². The van der Waals surface area contributed by atoms with Crippen molar-refractivity contribution in [3.63, 3.8) is 0 Å². The van der Waals surface area contributed by atoms with Gasteiger partial charge in [-0.25, -0.2) is 0 Å². The van der Waals surface area contributed by atoms with Crippen molar-refractivity contribution in [1.82, 2.24) is 10.2 Å². The maximum atomic E-state index is 12.3. The minimum absolute atomic E-state index is 0.0741. The van der Waals surface area contributed by atoms with Gasteiger partial charge in [0.1, 0.15) is 5.75 Å². The summed E-state index contributed by atoms with van der Waals surface area (Å²) in [6.07, 6.45) is 2.06. The number of amides is 1. The van der Waals surface area contributed by atoms with Crippen LogP contribution in [0.25, 0.3) is 0 Å². The third-order valence-corrected chi connectivity index (χ3v) is 4.98. The average molecular weight is 419 g/mol. The summed E-state index contributed by atoms with van der Waals surface area (Å²) in [4.78, 5) is 14.5. The van der Waals surface area contributed by atoms with E-state index in [1.54, 1.807) is 13.3 Å². The zero-order valence-corrected chi connectivity index (χ0v) is 17.4. The van der Waals surface area contributed by atoms with Crippen LogP contribution in [0.5, 0.6) is 5.75 Å². The van der Waals surface area contributed by atoms with Crippen LogP contribution in [0.2, 0.25) is 0 Å². The van der Waals surface area contributed by atoms with Crippen LogP contribution >= 0.6 is 0 Å². The van der Waals surface area contributed by atoms with Gasteiger partial charge in [-0.15, -0.1) is 5.10 Å². The van der Waals surface area contributed by atoms with Crippen LogP contribution in [0.1, 0.15) is 5.56 Å². The molecule has 8 nitrogen and oxygen atoms in total. The largest absolute Gasteiger partial charge is 0.497 e. The van der Waals surface area contributed by atoms with E-state index in [2.05, 4.69) is 25.7 Å². The second-order valence-corrected chi connectivity index (χ2v) is 7.17. The number of nitrogens with zero attached hydrogens (tertiary/aromatic N) is 3. The number of benzene rings is 2. The van der Waals surface area contributed by atoms with Gasteiger partial charge in [0, 0.05) is 30.5 Å². The van der Waals surface area contributed by atoms with Crippen molar-refractivity contribution in [3.8, 4) is 5.75 Å². The van der Waals surface area contributed by atoms with Crippen molar-refractivity contribution in [3.05, 3.63) is 66.4 Å². The second kappa shape index (κ2) is 9.90. The van der Waals surface area contributed by atoms with E-state index in [4.69, 9.17) is 9.47 Å². The van der Waals surface area contributed by atoms with E-state index >= 15 is 0 Å². The molecule has 2 N–H and O–H groups in total. The molecule has 0 saturated carbocycles. The summed E-state index contributed by atoms with van der Waals surface area (Å²) in [7, 11) is 1.62. The lowest BCUT2D eigenvalue weighted by Gasteiger charge is -2.28. The molecule has 2 heterocycles. The fourth-order valence-corrected chi connectivity index (χ4v) is 3.33. The quantitative estimate of drug-likeness (QED) is 0.608. The van der Waals surface area contributed by atoms with Crippen molar-refractivity contribution in [2.24, 2.45) is 0 Å². The first-order valence-electron chi connectivity index (χ1n) is 10.1. The standard InChI is InChI=1S/C23H25N5O3/c1-30-21-8-2-17(3-9-21)14-23(29)26-19-6-4-18(5-7-19)25-22-15-20(16-24-27-22)28-10-12-31-13-11-28/h2-9,15-16H,10-14H2,1H3,(H,25,27)(H,26,29). The highest BCUT2D eigenvalue weighted by molar-refractivity contribution is 5.92. The number of aromatic nitrogens is 2. The Bertz CT molecular complexity index is 1000. The van der Waals surface area contributed by atoms with Crippen LogP contribution in [0.15, 0.2) is 60.8 Å². The number of morpholine rings is 1. The molecule has 160 valence electrons. The summed E-state index contributed by atoms with van der Waals surface area (Å²) in [5, 5.41) is 14.4. The topological polar surface area (TPSA) is 88.6 Å². The molecule has 0 radical (unpaired) electrons. The minimum atomic E-state index is -0.0741. The van der Waals surface area contributed by atoms with Crippen molar-refractivity contribution >= 4 is 28.8 Å². The predicted molar refractivity (Wildman–Crippen MR) is 120 cm³/mol. The Labute approximate surface area is 181 Å². The minimum Gasteiger partial charge on any atom is -0.497 e. The van der Waals surface area contributed by atoms with Crippen molar-refractivity contribution in [2.75, 3.05) is 48.9 Å². The van der Waals surface area contributed by atoms with E-state index in [-0.39, 0.29) is 5.91 Å². The fourth-order valence-electron chi connectivity index (χ4n) is 3.33. The zero-order chi connectivity index (χ0) is 21.5. The Hall–Kier alpha value is -3.65. The molecule has 31 heavy (non-hydrogen) atoms. The maximum absolute atomic E-state index is 12.3. The monoisotopic (exact) mass is 419 g/mol. The van der Waals surface area contributed by atoms with Gasteiger partial charge in [0.05, 0.1) is 38.6 Å². The first kappa shape index (κ1) is 20.6. The number of carbonyl (C=O) groups excluding carboxylic acids is 1. The molecule has 1 amide bonds. The molecular formula is C23H25N5O3. The smallest absolute Gasteiger partial charge is 0.228 e. The summed E-state index contributed by atoms with van der Waals surface area (Å²) in [6, 6.07) is 16.9. The lowest BCUT2D eigenvalue weighted by Crippen LogP contribution is -2.36. The second-order valence-electron chi connectivity index (χ2n) is 7.17. The van der Waals surface area contributed by atoms with Crippen LogP contribution in [-0.4, -0.2) is 49.5 Å². The summed E-state index contributed by atoms with van der Waals surface area (Å²) < 4.78 is 10.5. The van der Waals surface area contributed by atoms with Crippen molar-refractivity contribution < 1.29 is 14.3 Å². The van der Waals surface area contributed by atoms with Gasteiger partial charge in [-0.1, -0.05) is 12.1 Å². The molecule has 1 aromatic heterocycles. The zero-order valence-electron chi connectivity index (χ0n) is 17.4. The molecule has 3 aromatic rings. The van der Waals surface area contributed by atoms with Crippen LogP contribution in [-0.2, 0) is 16.0 Å². The summed E-state index contributed by atoms with van der Waals surface area (Å²) in [5.41, 5.74) is 3.54. The number of ether oxygens (including phenoxy) is 2. The summed E-state index contributed by atoms with van der Waals surface area (Å²) in [5.74, 6) is 1.36. The van der Waals surface area contributed by atoms with Gasteiger partial charge in [-0.3, -0.25) is 4.79 Å². The highest BCUT2D eigenvalue weighted by Gasteiger charge is 2.12. The number of hydrogen-bond acceptors (Lipinski definition) is 7. The van der Waals surface area contributed by atoms with Gasteiger partial charge in [0.25, 0.3) is 0 Å². The molecule has 1 saturated heterocycles.